The first-order valence-corrected chi connectivity index (χ1v) is 8.00. The van der Waals surface area contributed by atoms with Crippen LogP contribution in [0, 0.1) is 0 Å². The van der Waals surface area contributed by atoms with Crippen LogP contribution >= 0.6 is 11.8 Å². The first-order chi connectivity index (χ1) is 8.06. The molecule has 0 aliphatic rings. The molecule has 0 bridgehead atoms. The van der Waals surface area contributed by atoms with Gasteiger partial charge in [0.2, 0.25) is 16.0 Å². The number of sulfonamides is 1. The Kier molecular flexibility index (Phi) is 5.66. The largest absolute Gasteiger partial charge is 0.368 e. The molecular weight excluding hydrogens is 260 g/mol. The molecule has 17 heavy (non-hydrogen) atoms. The van der Waals surface area contributed by atoms with Crippen molar-refractivity contribution in [3.05, 3.63) is 12.4 Å². The van der Waals surface area contributed by atoms with Crippen LogP contribution in [0.25, 0.3) is 0 Å². The molecule has 1 rings (SSSR count). The van der Waals surface area contributed by atoms with Gasteiger partial charge in [-0.3, -0.25) is 0 Å². The number of rotatable bonds is 7. The Balaban J connectivity index is 2.48. The van der Waals surface area contributed by atoms with Crippen LogP contribution < -0.4 is 10.5 Å². The quantitative estimate of drug-likeness (QED) is 0.703. The van der Waals surface area contributed by atoms with E-state index in [4.69, 9.17) is 5.73 Å². The third kappa shape index (κ3) is 4.88. The molecular formula is C9H16N4O2S2. The second-order valence-electron chi connectivity index (χ2n) is 3.37. The average molecular weight is 276 g/mol. The van der Waals surface area contributed by atoms with Gasteiger partial charge in [0.05, 0.1) is 12.4 Å². The summed E-state index contributed by atoms with van der Waals surface area (Å²) in [6, 6.07) is 0. The Bertz CT molecular complexity index is 433. The Morgan fingerprint density at radius 2 is 2.00 bits per heavy atom. The van der Waals surface area contributed by atoms with Crippen molar-refractivity contribution in [3.8, 4) is 0 Å². The Morgan fingerprint density at radius 1 is 1.35 bits per heavy atom. The van der Waals surface area contributed by atoms with Gasteiger partial charge in [0.15, 0.2) is 0 Å². The van der Waals surface area contributed by atoms with Gasteiger partial charge in [-0.25, -0.2) is 23.1 Å². The highest BCUT2D eigenvalue weighted by molar-refractivity contribution is 7.98. The van der Waals surface area contributed by atoms with Crippen LogP contribution in [0.4, 0.5) is 5.95 Å². The standard InChI is InChI=1S/C9H16N4O2S2/c1-16-5-3-2-4-13-17(14,15)8-6-11-9(10)12-7-8/h6-7,13H,2-5H2,1H3,(H2,10,11,12). The zero-order chi connectivity index (χ0) is 12.7. The summed E-state index contributed by atoms with van der Waals surface area (Å²) < 4.78 is 26.0. The summed E-state index contributed by atoms with van der Waals surface area (Å²) in [5, 5.41) is 0. The van der Waals surface area contributed by atoms with Gasteiger partial charge < -0.3 is 5.73 Å². The molecule has 0 aliphatic carbocycles. The highest BCUT2D eigenvalue weighted by atomic mass is 32.2. The van der Waals surface area contributed by atoms with E-state index >= 15 is 0 Å². The summed E-state index contributed by atoms with van der Waals surface area (Å²) in [7, 11) is -3.50. The van der Waals surface area contributed by atoms with E-state index in [1.807, 2.05) is 6.26 Å². The second-order valence-corrected chi connectivity index (χ2v) is 6.13. The van der Waals surface area contributed by atoms with E-state index in [-0.39, 0.29) is 10.8 Å². The molecule has 0 unspecified atom stereocenters. The fraction of sp³-hybridized carbons (Fsp3) is 0.556. The van der Waals surface area contributed by atoms with Gasteiger partial charge in [0, 0.05) is 6.54 Å². The smallest absolute Gasteiger partial charge is 0.243 e. The molecule has 1 heterocycles. The monoisotopic (exact) mass is 276 g/mol. The van der Waals surface area contributed by atoms with Crippen LogP contribution in [0.3, 0.4) is 0 Å². The lowest BCUT2D eigenvalue weighted by molar-refractivity contribution is 0.577. The lowest BCUT2D eigenvalue weighted by Gasteiger charge is -2.05. The van der Waals surface area contributed by atoms with Crippen molar-refractivity contribution >= 4 is 27.7 Å². The van der Waals surface area contributed by atoms with Crippen LogP contribution in [0.2, 0.25) is 0 Å². The van der Waals surface area contributed by atoms with Crippen molar-refractivity contribution in [2.75, 3.05) is 24.3 Å². The molecule has 0 aromatic carbocycles. The number of anilines is 1. The molecule has 8 heteroatoms. The summed E-state index contributed by atoms with van der Waals surface area (Å²) in [4.78, 5) is 7.33. The van der Waals surface area contributed by atoms with Gasteiger partial charge in [-0.1, -0.05) is 0 Å². The molecule has 0 spiro atoms. The van der Waals surface area contributed by atoms with E-state index in [9.17, 15) is 8.42 Å². The number of unbranched alkanes of at least 4 members (excludes halogenated alkanes) is 1. The molecule has 0 aliphatic heterocycles. The van der Waals surface area contributed by atoms with E-state index in [0.29, 0.717) is 6.54 Å². The summed E-state index contributed by atoms with van der Waals surface area (Å²) in [6.07, 6.45) is 6.23. The number of nitrogens with zero attached hydrogens (tertiary/aromatic N) is 2. The van der Waals surface area contributed by atoms with E-state index in [1.54, 1.807) is 11.8 Å². The number of nitrogens with one attached hydrogen (secondary N) is 1. The Labute approximate surface area is 105 Å². The molecule has 1 aromatic heterocycles. The predicted molar refractivity (Wildman–Crippen MR) is 69.2 cm³/mol. The maximum atomic E-state index is 11.7. The molecule has 0 atom stereocenters. The Morgan fingerprint density at radius 3 is 2.59 bits per heavy atom. The van der Waals surface area contributed by atoms with Crippen molar-refractivity contribution in [2.45, 2.75) is 17.7 Å². The van der Waals surface area contributed by atoms with Gasteiger partial charge in [0.1, 0.15) is 4.90 Å². The SMILES string of the molecule is CSCCCCNS(=O)(=O)c1cnc(N)nc1. The van der Waals surface area contributed by atoms with Crippen molar-refractivity contribution in [2.24, 2.45) is 0 Å². The zero-order valence-electron chi connectivity index (χ0n) is 9.59. The van der Waals surface area contributed by atoms with Crippen LogP contribution in [-0.4, -0.2) is 36.9 Å². The molecule has 3 N–H and O–H groups in total. The van der Waals surface area contributed by atoms with E-state index in [0.717, 1.165) is 18.6 Å². The summed E-state index contributed by atoms with van der Waals surface area (Å²) in [5.74, 6) is 1.09. The fourth-order valence-corrected chi connectivity index (χ4v) is 2.58. The molecule has 0 radical (unpaired) electrons. The van der Waals surface area contributed by atoms with E-state index in [2.05, 4.69) is 14.7 Å². The summed E-state index contributed by atoms with van der Waals surface area (Å²) in [6.45, 7) is 0.424. The second kappa shape index (κ2) is 6.77. The molecule has 1 aromatic rings. The minimum atomic E-state index is -3.50. The van der Waals surface area contributed by atoms with E-state index < -0.39 is 10.0 Å². The van der Waals surface area contributed by atoms with E-state index in [1.165, 1.54) is 12.4 Å². The highest BCUT2D eigenvalue weighted by Crippen LogP contribution is 2.06. The predicted octanol–water partition coefficient (Wildman–Crippen LogP) is 0.480. The van der Waals surface area contributed by atoms with Crippen molar-refractivity contribution in [1.29, 1.82) is 0 Å². The number of hydrogen-bond acceptors (Lipinski definition) is 6. The number of hydrogen-bond donors (Lipinski definition) is 2. The topological polar surface area (TPSA) is 98.0 Å². The zero-order valence-corrected chi connectivity index (χ0v) is 11.2. The van der Waals surface area contributed by atoms with Crippen molar-refractivity contribution in [3.63, 3.8) is 0 Å². The number of aromatic nitrogens is 2. The first-order valence-electron chi connectivity index (χ1n) is 5.12. The Hall–Kier alpha value is -0.860. The van der Waals surface area contributed by atoms with Crippen LogP contribution in [0.15, 0.2) is 17.3 Å². The first kappa shape index (κ1) is 14.2. The molecule has 0 amide bonds. The van der Waals surface area contributed by atoms with Crippen molar-refractivity contribution < 1.29 is 8.42 Å². The fourth-order valence-electron chi connectivity index (χ4n) is 1.13. The normalized spacial score (nSPS) is 11.6. The van der Waals surface area contributed by atoms with Crippen LogP contribution in [0.5, 0.6) is 0 Å². The summed E-state index contributed by atoms with van der Waals surface area (Å²) >= 11 is 1.75. The minimum absolute atomic E-state index is 0.0385. The third-order valence-corrected chi connectivity index (χ3v) is 4.14. The highest BCUT2D eigenvalue weighted by Gasteiger charge is 2.13. The lowest BCUT2D eigenvalue weighted by atomic mass is 10.3. The molecule has 96 valence electrons. The van der Waals surface area contributed by atoms with Gasteiger partial charge in [-0.05, 0) is 24.9 Å². The van der Waals surface area contributed by atoms with Gasteiger partial charge in [-0.2, -0.15) is 11.8 Å². The number of nitrogens with two attached hydrogens (primary N) is 1. The van der Waals surface area contributed by atoms with Gasteiger partial charge in [-0.15, -0.1) is 0 Å². The third-order valence-electron chi connectivity index (χ3n) is 2.03. The average Bonchev–Trinajstić information content (AvgIpc) is 2.29. The lowest BCUT2D eigenvalue weighted by Crippen LogP contribution is -2.25. The molecule has 6 nitrogen and oxygen atoms in total. The molecule has 0 saturated carbocycles. The van der Waals surface area contributed by atoms with Crippen LogP contribution in [-0.2, 0) is 10.0 Å². The van der Waals surface area contributed by atoms with Crippen molar-refractivity contribution in [1.82, 2.24) is 14.7 Å². The molecule has 0 saturated heterocycles. The van der Waals surface area contributed by atoms with Gasteiger partial charge >= 0.3 is 0 Å². The molecule has 0 fully saturated rings. The minimum Gasteiger partial charge on any atom is -0.368 e. The summed E-state index contributed by atoms with van der Waals surface area (Å²) in [5.41, 5.74) is 5.29. The van der Waals surface area contributed by atoms with Gasteiger partial charge in [0.25, 0.3) is 0 Å². The number of thioether (sulfide) groups is 1. The van der Waals surface area contributed by atoms with Crippen LogP contribution in [0.1, 0.15) is 12.8 Å². The maximum Gasteiger partial charge on any atom is 0.243 e. The maximum absolute atomic E-state index is 11.7. The number of nitrogen functional groups attached to an aromatic ring is 1.